The van der Waals surface area contributed by atoms with Crippen molar-refractivity contribution in [1.82, 2.24) is 0 Å². The van der Waals surface area contributed by atoms with Gasteiger partial charge in [0.1, 0.15) is 0 Å². The molecule has 0 saturated carbocycles. The van der Waals surface area contributed by atoms with Crippen LogP contribution in [0.1, 0.15) is 5.56 Å². The number of anilines is 1. The van der Waals surface area contributed by atoms with Crippen molar-refractivity contribution in [2.45, 2.75) is 6.92 Å². The molecule has 88 valence electrons. The molecule has 0 unspecified atom stereocenters. The van der Waals surface area contributed by atoms with E-state index < -0.39 is 5.82 Å². The summed E-state index contributed by atoms with van der Waals surface area (Å²) in [7, 11) is 0. The van der Waals surface area contributed by atoms with Crippen LogP contribution in [0.2, 0.25) is 5.02 Å². The Balaban J connectivity index is 2.41. The Labute approximate surface area is 104 Å². The maximum atomic E-state index is 13.5. The fourth-order valence-electron chi connectivity index (χ4n) is 1.43. The lowest BCUT2D eigenvalue weighted by molar-refractivity contribution is 0.444. The normalized spacial score (nSPS) is 10.3. The first-order valence-electron chi connectivity index (χ1n) is 5.06. The molecule has 0 aliphatic carbocycles. The zero-order chi connectivity index (χ0) is 12.4. The van der Waals surface area contributed by atoms with E-state index in [0.717, 1.165) is 5.56 Å². The first-order chi connectivity index (χ1) is 8.08. The average Bonchev–Trinajstić information content (AvgIpc) is 2.28. The summed E-state index contributed by atoms with van der Waals surface area (Å²) in [6, 6.07) is 9.60. The smallest absolute Gasteiger partial charge is 0.169 e. The summed E-state index contributed by atoms with van der Waals surface area (Å²) in [6.45, 7) is 1.85. The second-order valence-electron chi connectivity index (χ2n) is 3.69. The van der Waals surface area contributed by atoms with Gasteiger partial charge in [-0.15, -0.1) is 0 Å². The molecule has 0 radical (unpaired) electrons. The van der Waals surface area contributed by atoms with Crippen LogP contribution in [0.25, 0.3) is 0 Å². The van der Waals surface area contributed by atoms with Crippen molar-refractivity contribution >= 4 is 17.3 Å². The molecule has 2 nitrogen and oxygen atoms in total. The molecule has 0 fully saturated rings. The third-order valence-electron chi connectivity index (χ3n) is 2.30. The second kappa shape index (κ2) is 4.63. The van der Waals surface area contributed by atoms with Crippen LogP contribution in [0.3, 0.4) is 0 Å². The topological polar surface area (TPSA) is 35.2 Å². The number of para-hydroxylation sites is 1. The number of hydrogen-bond acceptors (Lipinski definition) is 2. The second-order valence-corrected chi connectivity index (χ2v) is 4.10. The number of ether oxygens (including phenoxy) is 1. The van der Waals surface area contributed by atoms with E-state index in [2.05, 4.69) is 0 Å². The number of halogens is 2. The molecule has 17 heavy (non-hydrogen) atoms. The molecule has 0 saturated heterocycles. The molecule has 0 amide bonds. The Morgan fingerprint density at radius 1 is 1.24 bits per heavy atom. The van der Waals surface area contributed by atoms with Gasteiger partial charge in [-0.05, 0) is 36.8 Å². The zero-order valence-electron chi connectivity index (χ0n) is 9.21. The predicted octanol–water partition coefficient (Wildman–Crippen LogP) is 4.16. The van der Waals surface area contributed by atoms with Crippen LogP contribution in [0, 0.1) is 12.7 Å². The minimum Gasteiger partial charge on any atom is -0.451 e. The fourth-order valence-corrected chi connectivity index (χ4v) is 1.65. The average molecular weight is 252 g/mol. The number of nitrogen functional groups attached to an aromatic ring is 1. The number of aryl methyl sites for hydroxylation is 1. The molecule has 0 bridgehead atoms. The molecule has 0 atom stereocenters. The summed E-state index contributed by atoms with van der Waals surface area (Å²) < 4.78 is 18.9. The highest BCUT2D eigenvalue weighted by Gasteiger charge is 2.10. The molecule has 4 heteroatoms. The summed E-state index contributed by atoms with van der Waals surface area (Å²) in [5, 5.41) is 0.353. The fraction of sp³-hybridized carbons (Fsp3) is 0.0769. The molecular weight excluding hydrogens is 241 g/mol. The maximum Gasteiger partial charge on any atom is 0.169 e. The summed E-state index contributed by atoms with van der Waals surface area (Å²) in [4.78, 5) is 0. The summed E-state index contributed by atoms with van der Waals surface area (Å²) in [6.07, 6.45) is 0. The number of nitrogens with two attached hydrogens (primary N) is 1. The molecule has 2 N–H and O–H groups in total. The van der Waals surface area contributed by atoms with Gasteiger partial charge < -0.3 is 10.5 Å². The molecule has 2 aromatic rings. The van der Waals surface area contributed by atoms with Crippen molar-refractivity contribution in [3.8, 4) is 11.5 Å². The lowest BCUT2D eigenvalue weighted by atomic mass is 10.2. The number of benzene rings is 2. The van der Waals surface area contributed by atoms with Gasteiger partial charge in [-0.2, -0.15) is 0 Å². The van der Waals surface area contributed by atoms with Gasteiger partial charge in [-0.3, -0.25) is 0 Å². The molecule has 0 aliphatic rings. The lowest BCUT2D eigenvalue weighted by Crippen LogP contribution is -1.94. The van der Waals surface area contributed by atoms with Crippen molar-refractivity contribution in [3.63, 3.8) is 0 Å². The van der Waals surface area contributed by atoms with Crippen LogP contribution in [0.5, 0.6) is 11.5 Å². The first kappa shape index (κ1) is 11.7. The largest absolute Gasteiger partial charge is 0.451 e. The van der Waals surface area contributed by atoms with E-state index >= 15 is 0 Å². The number of hydrogen-bond donors (Lipinski definition) is 1. The Morgan fingerprint density at radius 3 is 2.71 bits per heavy atom. The van der Waals surface area contributed by atoms with Gasteiger partial charge in [0.2, 0.25) is 0 Å². The van der Waals surface area contributed by atoms with Crippen molar-refractivity contribution < 1.29 is 9.13 Å². The molecule has 2 aromatic carbocycles. The summed E-state index contributed by atoms with van der Waals surface area (Å²) >= 11 is 5.94. The summed E-state index contributed by atoms with van der Waals surface area (Å²) in [5.74, 6) is -0.0570. The standard InChI is InChI=1S/C13H11ClFNO/c1-8-5-6-10(15)12(7-8)17-13-9(14)3-2-4-11(13)16/h2-7H,16H2,1H3. The Bertz CT molecular complexity index is 537. The van der Waals surface area contributed by atoms with Crippen LogP contribution < -0.4 is 10.5 Å². The highest BCUT2D eigenvalue weighted by Crippen LogP contribution is 2.35. The van der Waals surface area contributed by atoms with Crippen LogP contribution in [0.15, 0.2) is 36.4 Å². The molecule has 0 heterocycles. The van der Waals surface area contributed by atoms with Gasteiger partial charge in [0.05, 0.1) is 10.7 Å². The van der Waals surface area contributed by atoms with Gasteiger partial charge in [-0.25, -0.2) is 4.39 Å². The van der Waals surface area contributed by atoms with Crippen LogP contribution in [-0.4, -0.2) is 0 Å². The molecular formula is C13H11ClFNO. The van der Waals surface area contributed by atoms with E-state index in [1.807, 2.05) is 6.92 Å². The van der Waals surface area contributed by atoms with Gasteiger partial charge in [0, 0.05) is 0 Å². The van der Waals surface area contributed by atoms with Gasteiger partial charge >= 0.3 is 0 Å². The number of rotatable bonds is 2. The van der Waals surface area contributed by atoms with Crippen LogP contribution in [-0.2, 0) is 0 Å². The van der Waals surface area contributed by atoms with Gasteiger partial charge in [0.25, 0.3) is 0 Å². The van der Waals surface area contributed by atoms with Crippen LogP contribution >= 0.6 is 11.6 Å². The summed E-state index contributed by atoms with van der Waals surface area (Å²) in [5.41, 5.74) is 6.99. The molecule has 2 rings (SSSR count). The molecule has 0 spiro atoms. The van der Waals surface area contributed by atoms with Gasteiger partial charge in [0.15, 0.2) is 17.3 Å². The zero-order valence-corrected chi connectivity index (χ0v) is 9.96. The van der Waals surface area contributed by atoms with Crippen molar-refractivity contribution in [2.24, 2.45) is 0 Å². The Hall–Kier alpha value is -1.74. The van der Waals surface area contributed by atoms with E-state index in [1.54, 1.807) is 30.3 Å². The van der Waals surface area contributed by atoms with E-state index in [0.29, 0.717) is 10.7 Å². The lowest BCUT2D eigenvalue weighted by Gasteiger charge is -2.11. The van der Waals surface area contributed by atoms with Crippen molar-refractivity contribution in [2.75, 3.05) is 5.73 Å². The maximum absolute atomic E-state index is 13.5. The van der Waals surface area contributed by atoms with Crippen molar-refractivity contribution in [3.05, 3.63) is 52.8 Å². The van der Waals surface area contributed by atoms with E-state index in [1.165, 1.54) is 6.07 Å². The minimum absolute atomic E-state index is 0.116. The predicted molar refractivity (Wildman–Crippen MR) is 67.1 cm³/mol. The SMILES string of the molecule is Cc1ccc(F)c(Oc2c(N)cccc2Cl)c1. The Kier molecular flexibility index (Phi) is 3.20. The van der Waals surface area contributed by atoms with Crippen molar-refractivity contribution in [1.29, 1.82) is 0 Å². The first-order valence-corrected chi connectivity index (χ1v) is 5.43. The Morgan fingerprint density at radius 2 is 2.00 bits per heavy atom. The third kappa shape index (κ3) is 2.50. The monoisotopic (exact) mass is 251 g/mol. The van der Waals surface area contributed by atoms with Crippen LogP contribution in [0.4, 0.5) is 10.1 Å². The minimum atomic E-state index is -0.449. The van der Waals surface area contributed by atoms with E-state index in [4.69, 9.17) is 22.1 Å². The van der Waals surface area contributed by atoms with E-state index in [9.17, 15) is 4.39 Å². The highest BCUT2D eigenvalue weighted by atomic mass is 35.5. The van der Waals surface area contributed by atoms with Gasteiger partial charge in [-0.1, -0.05) is 23.7 Å². The van der Waals surface area contributed by atoms with E-state index in [-0.39, 0.29) is 11.5 Å². The quantitative estimate of drug-likeness (QED) is 0.814. The highest BCUT2D eigenvalue weighted by molar-refractivity contribution is 6.32. The molecule has 0 aliphatic heterocycles. The molecule has 0 aromatic heterocycles. The third-order valence-corrected chi connectivity index (χ3v) is 2.59.